The van der Waals surface area contributed by atoms with Crippen molar-refractivity contribution in [3.63, 3.8) is 0 Å². The molecule has 1 heterocycles. The predicted octanol–water partition coefficient (Wildman–Crippen LogP) is 4.43. The molecule has 2 aromatic carbocycles. The molecule has 3 aromatic rings. The second-order valence-electron chi connectivity index (χ2n) is 5.33. The van der Waals surface area contributed by atoms with Crippen molar-refractivity contribution in [2.45, 2.75) is 20.3 Å². The van der Waals surface area contributed by atoms with Gasteiger partial charge in [-0.3, -0.25) is 4.79 Å². The van der Waals surface area contributed by atoms with Gasteiger partial charge in [0, 0.05) is 16.6 Å². The van der Waals surface area contributed by atoms with Crippen molar-refractivity contribution in [2.24, 2.45) is 0 Å². The second-order valence-corrected chi connectivity index (χ2v) is 5.33. The quantitative estimate of drug-likeness (QED) is 0.738. The first-order valence-electron chi connectivity index (χ1n) is 7.26. The number of aromatic nitrogens is 1. The topological polar surface area (TPSA) is 44.9 Å². The van der Waals surface area contributed by atoms with Gasteiger partial charge in [-0.25, -0.2) is 4.39 Å². The number of anilines is 1. The molecule has 1 aromatic heterocycles. The highest BCUT2D eigenvalue weighted by Crippen LogP contribution is 2.23. The fraction of sp³-hybridized carbons (Fsp3) is 0.167. The van der Waals surface area contributed by atoms with Crippen LogP contribution in [0.5, 0.6) is 0 Å². The first-order valence-corrected chi connectivity index (χ1v) is 7.26. The van der Waals surface area contributed by atoms with Gasteiger partial charge in [0.05, 0.1) is 0 Å². The number of fused-ring (bicyclic) bond motifs is 1. The Hall–Kier alpha value is -2.62. The SMILES string of the molecule is CCc1cccc(C)c1NC(=O)c1cc2cc(F)ccc2[nH]1. The van der Waals surface area contributed by atoms with E-state index in [1.54, 1.807) is 12.1 Å². The fourth-order valence-corrected chi connectivity index (χ4v) is 2.61. The zero-order valence-electron chi connectivity index (χ0n) is 12.5. The lowest BCUT2D eigenvalue weighted by molar-refractivity contribution is 0.102. The number of aromatic amines is 1. The van der Waals surface area contributed by atoms with Crippen molar-refractivity contribution in [1.29, 1.82) is 0 Å². The van der Waals surface area contributed by atoms with E-state index in [4.69, 9.17) is 0 Å². The molecular weight excluding hydrogens is 279 g/mol. The summed E-state index contributed by atoms with van der Waals surface area (Å²) in [4.78, 5) is 15.5. The number of amides is 1. The first-order chi connectivity index (χ1) is 10.6. The van der Waals surface area contributed by atoms with Gasteiger partial charge in [-0.15, -0.1) is 0 Å². The summed E-state index contributed by atoms with van der Waals surface area (Å²) in [6.07, 6.45) is 0.842. The van der Waals surface area contributed by atoms with Crippen molar-refractivity contribution < 1.29 is 9.18 Å². The number of aryl methyl sites for hydroxylation is 2. The second kappa shape index (κ2) is 5.64. The number of benzene rings is 2. The summed E-state index contributed by atoms with van der Waals surface area (Å²) >= 11 is 0. The van der Waals surface area contributed by atoms with Crippen molar-refractivity contribution in [2.75, 3.05) is 5.32 Å². The molecule has 0 atom stereocenters. The van der Waals surface area contributed by atoms with E-state index >= 15 is 0 Å². The summed E-state index contributed by atoms with van der Waals surface area (Å²) in [6, 6.07) is 12.0. The molecule has 3 rings (SSSR count). The van der Waals surface area contributed by atoms with Gasteiger partial charge < -0.3 is 10.3 Å². The molecule has 0 spiro atoms. The third-order valence-corrected chi connectivity index (χ3v) is 3.81. The largest absolute Gasteiger partial charge is 0.351 e. The van der Waals surface area contributed by atoms with E-state index in [-0.39, 0.29) is 11.7 Å². The Morgan fingerprint density at radius 3 is 2.82 bits per heavy atom. The van der Waals surface area contributed by atoms with Gasteiger partial charge >= 0.3 is 0 Å². The van der Waals surface area contributed by atoms with Gasteiger partial charge in [0.15, 0.2) is 0 Å². The molecule has 0 radical (unpaired) electrons. The Labute approximate surface area is 128 Å². The molecule has 0 bridgehead atoms. The third-order valence-electron chi connectivity index (χ3n) is 3.81. The Morgan fingerprint density at radius 2 is 2.05 bits per heavy atom. The van der Waals surface area contributed by atoms with Crippen LogP contribution in [-0.2, 0) is 6.42 Å². The summed E-state index contributed by atoms with van der Waals surface area (Å²) in [6.45, 7) is 4.02. The van der Waals surface area contributed by atoms with E-state index in [2.05, 4.69) is 17.2 Å². The minimum atomic E-state index is -0.314. The molecule has 0 aliphatic rings. The standard InChI is InChI=1S/C18H17FN2O/c1-3-12-6-4-5-11(2)17(12)21-18(22)16-10-13-9-14(19)7-8-15(13)20-16/h4-10,20H,3H2,1-2H3,(H,21,22). The minimum Gasteiger partial charge on any atom is -0.351 e. The molecule has 0 saturated heterocycles. The summed E-state index contributed by atoms with van der Waals surface area (Å²) in [5.74, 6) is -0.536. The van der Waals surface area contributed by atoms with Crippen LogP contribution < -0.4 is 5.32 Å². The first kappa shape index (κ1) is 14.3. The molecule has 3 nitrogen and oxygen atoms in total. The van der Waals surface area contributed by atoms with Crippen LogP contribution in [0.25, 0.3) is 10.9 Å². The minimum absolute atomic E-state index is 0.222. The fourth-order valence-electron chi connectivity index (χ4n) is 2.61. The van der Waals surface area contributed by atoms with Crippen LogP contribution in [0.2, 0.25) is 0 Å². The van der Waals surface area contributed by atoms with Crippen molar-refractivity contribution in [3.8, 4) is 0 Å². The number of carbonyl (C=O) groups is 1. The highest BCUT2D eigenvalue weighted by Gasteiger charge is 2.13. The lowest BCUT2D eigenvalue weighted by Crippen LogP contribution is -2.14. The van der Waals surface area contributed by atoms with Crippen LogP contribution in [0.3, 0.4) is 0 Å². The van der Waals surface area contributed by atoms with E-state index in [1.165, 1.54) is 12.1 Å². The zero-order valence-corrected chi connectivity index (χ0v) is 12.5. The van der Waals surface area contributed by atoms with Gasteiger partial charge in [0.25, 0.3) is 5.91 Å². The van der Waals surface area contributed by atoms with Gasteiger partial charge in [-0.05, 0) is 48.7 Å². The molecule has 0 aliphatic carbocycles. The van der Waals surface area contributed by atoms with Gasteiger partial charge in [0.2, 0.25) is 0 Å². The monoisotopic (exact) mass is 296 g/mol. The number of nitrogens with one attached hydrogen (secondary N) is 2. The average molecular weight is 296 g/mol. The highest BCUT2D eigenvalue weighted by molar-refractivity contribution is 6.06. The summed E-state index contributed by atoms with van der Waals surface area (Å²) in [7, 11) is 0. The average Bonchev–Trinajstić information content (AvgIpc) is 2.92. The van der Waals surface area contributed by atoms with Crippen molar-refractivity contribution in [1.82, 2.24) is 4.98 Å². The molecule has 4 heteroatoms. The Bertz CT molecular complexity index is 851. The number of carbonyl (C=O) groups excluding carboxylic acids is 1. The van der Waals surface area contributed by atoms with Crippen LogP contribution in [0.4, 0.5) is 10.1 Å². The van der Waals surface area contributed by atoms with E-state index < -0.39 is 0 Å². The molecule has 112 valence electrons. The molecule has 0 saturated carbocycles. The van der Waals surface area contributed by atoms with E-state index in [0.29, 0.717) is 11.1 Å². The third kappa shape index (κ3) is 2.60. The predicted molar refractivity (Wildman–Crippen MR) is 86.8 cm³/mol. The maximum Gasteiger partial charge on any atom is 0.272 e. The molecule has 1 amide bonds. The van der Waals surface area contributed by atoms with Gasteiger partial charge in [-0.2, -0.15) is 0 Å². The van der Waals surface area contributed by atoms with Crippen molar-refractivity contribution >= 4 is 22.5 Å². The molecule has 0 aliphatic heterocycles. The smallest absolute Gasteiger partial charge is 0.272 e. The normalized spacial score (nSPS) is 10.9. The van der Waals surface area contributed by atoms with Gasteiger partial charge in [-0.1, -0.05) is 25.1 Å². The lowest BCUT2D eigenvalue weighted by Gasteiger charge is -2.12. The number of hydrogen-bond acceptors (Lipinski definition) is 1. The Balaban J connectivity index is 1.93. The number of H-pyrrole nitrogens is 1. The van der Waals surface area contributed by atoms with Crippen LogP contribution in [-0.4, -0.2) is 10.9 Å². The van der Waals surface area contributed by atoms with E-state index in [9.17, 15) is 9.18 Å². The molecule has 0 fully saturated rings. The number of halogens is 1. The molecule has 22 heavy (non-hydrogen) atoms. The summed E-state index contributed by atoms with van der Waals surface area (Å²) in [5.41, 5.74) is 4.13. The maximum absolute atomic E-state index is 13.2. The zero-order chi connectivity index (χ0) is 15.7. The van der Waals surface area contributed by atoms with E-state index in [0.717, 1.165) is 28.8 Å². The number of rotatable bonds is 3. The highest BCUT2D eigenvalue weighted by atomic mass is 19.1. The van der Waals surface area contributed by atoms with Gasteiger partial charge in [0.1, 0.15) is 11.5 Å². The van der Waals surface area contributed by atoms with Crippen LogP contribution in [0.1, 0.15) is 28.5 Å². The summed E-state index contributed by atoms with van der Waals surface area (Å²) < 4.78 is 13.2. The van der Waals surface area contributed by atoms with Crippen LogP contribution in [0, 0.1) is 12.7 Å². The number of hydrogen-bond donors (Lipinski definition) is 2. The number of para-hydroxylation sites is 1. The molecule has 0 unspecified atom stereocenters. The molecular formula is C18H17FN2O. The Kier molecular flexibility index (Phi) is 3.67. The van der Waals surface area contributed by atoms with Crippen molar-refractivity contribution in [3.05, 3.63) is 65.1 Å². The molecule has 2 N–H and O–H groups in total. The Morgan fingerprint density at radius 1 is 1.23 bits per heavy atom. The lowest BCUT2D eigenvalue weighted by atomic mass is 10.1. The van der Waals surface area contributed by atoms with Crippen LogP contribution >= 0.6 is 0 Å². The summed E-state index contributed by atoms with van der Waals surface area (Å²) in [5, 5.41) is 3.64. The van der Waals surface area contributed by atoms with Crippen LogP contribution in [0.15, 0.2) is 42.5 Å². The maximum atomic E-state index is 13.2. The van der Waals surface area contributed by atoms with E-state index in [1.807, 2.05) is 25.1 Å².